The molecule has 15 heavy (non-hydrogen) atoms. The second-order valence-corrected chi connectivity index (χ2v) is 6.81. The topological polar surface area (TPSA) is 0 Å². The molecule has 0 aliphatic rings. The van der Waals surface area contributed by atoms with Crippen LogP contribution in [0.4, 0.5) is 0 Å². The van der Waals surface area contributed by atoms with Gasteiger partial charge in [0.15, 0.2) is 0 Å². The summed E-state index contributed by atoms with van der Waals surface area (Å²) < 4.78 is 0. The zero-order valence-electron chi connectivity index (χ0n) is 11.3. The summed E-state index contributed by atoms with van der Waals surface area (Å²) in [5, 5.41) is 2.97. The summed E-state index contributed by atoms with van der Waals surface area (Å²) in [5.41, 5.74) is 0.472. The van der Waals surface area contributed by atoms with Crippen LogP contribution in [0.15, 0.2) is 11.5 Å². The molecule has 0 aliphatic heterocycles. The lowest BCUT2D eigenvalue weighted by atomic mass is 9.76. The molecule has 0 saturated carbocycles. The number of thioether (sulfide) groups is 1. The Hall–Kier alpha value is 0.0900. The third-order valence-corrected chi connectivity index (χ3v) is 4.22. The van der Waals surface area contributed by atoms with Gasteiger partial charge in [-0.05, 0) is 36.5 Å². The van der Waals surface area contributed by atoms with Crippen LogP contribution in [-0.4, -0.2) is 5.25 Å². The van der Waals surface area contributed by atoms with E-state index in [4.69, 9.17) is 0 Å². The maximum Gasteiger partial charge on any atom is 0.00601 e. The molecule has 0 amide bonds. The Morgan fingerprint density at radius 3 is 2.20 bits per heavy atom. The smallest absolute Gasteiger partial charge is 0.00601 e. The first-order chi connectivity index (χ1) is 6.91. The van der Waals surface area contributed by atoms with Crippen LogP contribution < -0.4 is 0 Å². The molecule has 0 rings (SSSR count). The van der Waals surface area contributed by atoms with Gasteiger partial charge < -0.3 is 0 Å². The van der Waals surface area contributed by atoms with Crippen molar-refractivity contribution < 1.29 is 0 Å². The van der Waals surface area contributed by atoms with E-state index < -0.39 is 0 Å². The lowest BCUT2D eigenvalue weighted by Gasteiger charge is -2.30. The van der Waals surface area contributed by atoms with Gasteiger partial charge in [0.1, 0.15) is 0 Å². The highest BCUT2D eigenvalue weighted by atomic mass is 32.2. The predicted molar refractivity (Wildman–Crippen MR) is 74.3 cm³/mol. The molecule has 0 aromatic rings. The van der Waals surface area contributed by atoms with E-state index in [1.165, 1.54) is 19.3 Å². The lowest BCUT2D eigenvalue weighted by molar-refractivity contribution is 0.215. The van der Waals surface area contributed by atoms with E-state index in [0.29, 0.717) is 5.41 Å². The largest absolute Gasteiger partial charge is 0.131 e. The molecule has 0 spiro atoms. The fourth-order valence-electron chi connectivity index (χ4n) is 1.97. The summed E-state index contributed by atoms with van der Waals surface area (Å²) in [5.74, 6) is 0.867. The van der Waals surface area contributed by atoms with Crippen molar-refractivity contribution in [1.29, 1.82) is 0 Å². The third kappa shape index (κ3) is 7.05. The minimum Gasteiger partial charge on any atom is -0.131 e. The molecule has 0 aliphatic carbocycles. The van der Waals surface area contributed by atoms with Crippen LogP contribution in [-0.2, 0) is 0 Å². The van der Waals surface area contributed by atoms with Gasteiger partial charge in [0.2, 0.25) is 0 Å². The Bertz CT molecular complexity index is 176. The fraction of sp³-hybridized carbons (Fsp3) is 0.857. The van der Waals surface area contributed by atoms with Gasteiger partial charge in [0, 0.05) is 5.25 Å². The van der Waals surface area contributed by atoms with Gasteiger partial charge in [-0.15, -0.1) is 11.8 Å². The quantitative estimate of drug-likeness (QED) is 0.579. The minimum absolute atomic E-state index is 0.472. The number of rotatable bonds is 6. The zero-order chi connectivity index (χ0) is 11.9. The Morgan fingerprint density at radius 1 is 1.20 bits per heavy atom. The molecular weight excluding hydrogens is 200 g/mol. The van der Waals surface area contributed by atoms with Gasteiger partial charge in [-0.25, -0.2) is 0 Å². The van der Waals surface area contributed by atoms with Crippen LogP contribution in [0.5, 0.6) is 0 Å². The van der Waals surface area contributed by atoms with Gasteiger partial charge in [-0.2, -0.15) is 0 Å². The molecule has 0 fully saturated rings. The van der Waals surface area contributed by atoms with Crippen LogP contribution >= 0.6 is 11.8 Å². The van der Waals surface area contributed by atoms with Crippen molar-refractivity contribution in [3.8, 4) is 0 Å². The number of hydrogen-bond donors (Lipinski definition) is 0. The van der Waals surface area contributed by atoms with Crippen molar-refractivity contribution in [2.24, 2.45) is 11.3 Å². The number of allylic oxidation sites excluding steroid dienone is 1. The maximum absolute atomic E-state index is 2.37. The van der Waals surface area contributed by atoms with Gasteiger partial charge in [0.05, 0.1) is 0 Å². The Labute approximate surface area is 101 Å². The summed E-state index contributed by atoms with van der Waals surface area (Å²) in [6.07, 6.45) is 6.14. The highest BCUT2D eigenvalue weighted by Gasteiger charge is 2.22. The standard InChI is InChI=1S/C14H28S/c1-7-11-15-12(3)9-10-13(8-2)14(4,5)6/h7,11-13H,8-10H2,1-6H3/b11-7-. The first-order valence-corrected chi connectivity index (χ1v) is 7.12. The van der Waals surface area contributed by atoms with Crippen molar-refractivity contribution in [2.75, 3.05) is 0 Å². The highest BCUT2D eigenvalue weighted by molar-refractivity contribution is 8.02. The van der Waals surface area contributed by atoms with Gasteiger partial charge in [-0.3, -0.25) is 0 Å². The average molecular weight is 228 g/mol. The Balaban J connectivity index is 3.90. The first-order valence-electron chi connectivity index (χ1n) is 6.18. The van der Waals surface area contributed by atoms with E-state index in [-0.39, 0.29) is 0 Å². The first kappa shape index (κ1) is 15.1. The third-order valence-electron chi connectivity index (χ3n) is 3.09. The molecule has 0 aromatic heterocycles. The summed E-state index contributed by atoms with van der Waals surface area (Å²) in [4.78, 5) is 0. The van der Waals surface area contributed by atoms with E-state index in [1.54, 1.807) is 0 Å². The monoisotopic (exact) mass is 228 g/mol. The molecule has 2 unspecified atom stereocenters. The van der Waals surface area contributed by atoms with Crippen molar-refractivity contribution in [2.45, 2.75) is 66.1 Å². The SMILES string of the molecule is C/C=C\SC(C)CCC(CC)C(C)(C)C. The van der Waals surface area contributed by atoms with E-state index >= 15 is 0 Å². The molecule has 1 heteroatoms. The van der Waals surface area contributed by atoms with Crippen LogP contribution in [0.3, 0.4) is 0 Å². The van der Waals surface area contributed by atoms with Gasteiger partial charge in [0.25, 0.3) is 0 Å². The van der Waals surface area contributed by atoms with Crippen molar-refractivity contribution in [3.05, 3.63) is 11.5 Å². The number of hydrogen-bond acceptors (Lipinski definition) is 1. The zero-order valence-corrected chi connectivity index (χ0v) is 12.2. The lowest BCUT2D eigenvalue weighted by Crippen LogP contribution is -2.20. The molecular formula is C14H28S. The van der Waals surface area contributed by atoms with Crippen LogP contribution in [0, 0.1) is 11.3 Å². The summed E-state index contributed by atoms with van der Waals surface area (Å²) in [6.45, 7) is 13.8. The second-order valence-electron chi connectivity index (χ2n) is 5.46. The second kappa shape index (κ2) is 7.38. The van der Waals surface area contributed by atoms with Crippen molar-refractivity contribution >= 4 is 11.8 Å². The molecule has 0 aromatic carbocycles. The normalized spacial score (nSPS) is 16.9. The Morgan fingerprint density at radius 2 is 1.80 bits per heavy atom. The minimum atomic E-state index is 0.472. The van der Waals surface area contributed by atoms with E-state index in [9.17, 15) is 0 Å². The molecule has 0 radical (unpaired) electrons. The molecule has 90 valence electrons. The summed E-state index contributed by atoms with van der Waals surface area (Å²) >= 11 is 1.96. The molecule has 0 N–H and O–H groups in total. The molecule has 0 heterocycles. The van der Waals surface area contributed by atoms with E-state index in [2.05, 4.69) is 53.0 Å². The Kier molecular flexibility index (Phi) is 7.42. The van der Waals surface area contributed by atoms with Gasteiger partial charge >= 0.3 is 0 Å². The van der Waals surface area contributed by atoms with Gasteiger partial charge in [-0.1, -0.05) is 47.1 Å². The predicted octanol–water partition coefficient (Wildman–Crippen LogP) is 5.49. The molecule has 2 atom stereocenters. The molecule has 0 saturated heterocycles. The van der Waals surface area contributed by atoms with Crippen molar-refractivity contribution in [3.63, 3.8) is 0 Å². The molecule has 0 bridgehead atoms. The summed E-state index contributed by atoms with van der Waals surface area (Å²) in [7, 11) is 0. The van der Waals surface area contributed by atoms with E-state index in [0.717, 1.165) is 11.2 Å². The maximum atomic E-state index is 2.37. The fourth-order valence-corrected chi connectivity index (χ4v) is 2.66. The molecule has 0 nitrogen and oxygen atoms in total. The van der Waals surface area contributed by atoms with Crippen LogP contribution in [0.25, 0.3) is 0 Å². The van der Waals surface area contributed by atoms with Crippen molar-refractivity contribution in [1.82, 2.24) is 0 Å². The summed E-state index contributed by atoms with van der Waals surface area (Å²) in [6, 6.07) is 0. The van der Waals surface area contributed by atoms with E-state index in [1.807, 2.05) is 11.8 Å². The van der Waals surface area contributed by atoms with Crippen LogP contribution in [0.1, 0.15) is 60.8 Å². The van der Waals surface area contributed by atoms with Crippen LogP contribution in [0.2, 0.25) is 0 Å². The average Bonchev–Trinajstić information content (AvgIpc) is 2.13. The highest BCUT2D eigenvalue weighted by Crippen LogP contribution is 2.33.